The summed E-state index contributed by atoms with van der Waals surface area (Å²) >= 11 is 1.46. The van der Waals surface area contributed by atoms with Crippen molar-refractivity contribution in [2.24, 2.45) is 5.73 Å². The summed E-state index contributed by atoms with van der Waals surface area (Å²) in [7, 11) is 0. The van der Waals surface area contributed by atoms with Crippen molar-refractivity contribution < 1.29 is 14.6 Å². The van der Waals surface area contributed by atoms with Crippen molar-refractivity contribution in [2.75, 3.05) is 13.2 Å². The zero-order valence-electron chi connectivity index (χ0n) is 8.05. The van der Waals surface area contributed by atoms with Crippen LogP contribution in [0.3, 0.4) is 0 Å². The molecule has 0 spiro atoms. The van der Waals surface area contributed by atoms with Crippen LogP contribution in [0, 0.1) is 0 Å². The van der Waals surface area contributed by atoms with Crippen molar-refractivity contribution in [3.05, 3.63) is 16.1 Å². The lowest BCUT2D eigenvalue weighted by Gasteiger charge is -2.03. The Bertz CT molecular complexity index is 360. The average Bonchev–Trinajstić information content (AvgIpc) is 2.86. The number of ether oxygens (including phenoxy) is 1. The molecule has 1 saturated heterocycles. The molecule has 15 heavy (non-hydrogen) atoms. The number of carboxylic acid groups (broad SMARTS) is 1. The third-order valence-corrected chi connectivity index (χ3v) is 3.43. The number of hydrogen-bond acceptors (Lipinski definition) is 5. The molecule has 0 amide bonds. The van der Waals surface area contributed by atoms with E-state index < -0.39 is 12.0 Å². The van der Waals surface area contributed by atoms with Crippen molar-refractivity contribution in [2.45, 2.75) is 18.4 Å². The molecule has 3 N–H and O–H groups in total. The standard InChI is InChI=1S/C9H12N2O3S/c10-7(9(12)13)6-4-15-8(11-6)5-1-2-14-3-5/h4-5,7H,1-3,10H2,(H,12,13). The second-order valence-corrected chi connectivity index (χ2v) is 4.38. The van der Waals surface area contributed by atoms with Crippen LogP contribution in [0.15, 0.2) is 5.38 Å². The fraction of sp³-hybridized carbons (Fsp3) is 0.556. The van der Waals surface area contributed by atoms with Crippen LogP contribution in [0.25, 0.3) is 0 Å². The van der Waals surface area contributed by atoms with Gasteiger partial charge in [0, 0.05) is 17.9 Å². The molecule has 1 aromatic rings. The van der Waals surface area contributed by atoms with Crippen LogP contribution in [-0.2, 0) is 9.53 Å². The number of nitrogens with two attached hydrogens (primary N) is 1. The van der Waals surface area contributed by atoms with Crippen LogP contribution < -0.4 is 5.73 Å². The highest BCUT2D eigenvalue weighted by Crippen LogP contribution is 2.28. The van der Waals surface area contributed by atoms with Crippen molar-refractivity contribution in [1.82, 2.24) is 4.98 Å². The molecule has 1 fully saturated rings. The van der Waals surface area contributed by atoms with E-state index >= 15 is 0 Å². The molecule has 0 radical (unpaired) electrons. The predicted octanol–water partition coefficient (Wildman–Crippen LogP) is 0.731. The number of hydrogen-bond donors (Lipinski definition) is 2. The highest BCUT2D eigenvalue weighted by molar-refractivity contribution is 7.09. The number of nitrogens with zero attached hydrogens (tertiary/aromatic N) is 1. The first-order chi connectivity index (χ1) is 7.18. The number of carboxylic acids is 1. The van der Waals surface area contributed by atoms with E-state index in [9.17, 15) is 4.79 Å². The maximum absolute atomic E-state index is 10.6. The Labute approximate surface area is 90.9 Å². The first-order valence-electron chi connectivity index (χ1n) is 4.70. The van der Waals surface area contributed by atoms with Crippen LogP contribution in [0.1, 0.15) is 29.1 Å². The summed E-state index contributed by atoms with van der Waals surface area (Å²) in [6.45, 7) is 1.43. The quantitative estimate of drug-likeness (QED) is 0.796. The summed E-state index contributed by atoms with van der Waals surface area (Å²) in [6.07, 6.45) is 0.954. The molecule has 82 valence electrons. The first kappa shape index (κ1) is 10.5. The minimum Gasteiger partial charge on any atom is -0.480 e. The third kappa shape index (κ3) is 2.17. The van der Waals surface area contributed by atoms with Gasteiger partial charge in [0.15, 0.2) is 0 Å². The van der Waals surface area contributed by atoms with E-state index in [-0.39, 0.29) is 0 Å². The molecular weight excluding hydrogens is 216 g/mol. The van der Waals surface area contributed by atoms with Gasteiger partial charge in [0.1, 0.15) is 6.04 Å². The molecule has 0 aromatic carbocycles. The Morgan fingerprint density at radius 1 is 1.80 bits per heavy atom. The van der Waals surface area contributed by atoms with Gasteiger partial charge < -0.3 is 15.6 Å². The zero-order valence-corrected chi connectivity index (χ0v) is 8.87. The van der Waals surface area contributed by atoms with E-state index in [4.69, 9.17) is 15.6 Å². The van der Waals surface area contributed by atoms with Crippen molar-refractivity contribution in [3.63, 3.8) is 0 Å². The predicted molar refractivity (Wildman–Crippen MR) is 54.9 cm³/mol. The molecule has 2 atom stereocenters. The van der Waals surface area contributed by atoms with Crippen LogP contribution in [0.5, 0.6) is 0 Å². The van der Waals surface area contributed by atoms with E-state index in [0.717, 1.165) is 18.0 Å². The van der Waals surface area contributed by atoms with Crippen molar-refractivity contribution in [3.8, 4) is 0 Å². The largest absolute Gasteiger partial charge is 0.480 e. The number of aliphatic carboxylic acids is 1. The minimum atomic E-state index is -1.05. The van der Waals surface area contributed by atoms with Crippen molar-refractivity contribution >= 4 is 17.3 Å². The number of thiazole rings is 1. The summed E-state index contributed by atoms with van der Waals surface area (Å²) in [5.41, 5.74) is 5.90. The van der Waals surface area contributed by atoms with Gasteiger partial charge in [-0.2, -0.15) is 0 Å². The van der Waals surface area contributed by atoms with E-state index in [1.165, 1.54) is 11.3 Å². The van der Waals surface area contributed by atoms with Gasteiger partial charge in [-0.25, -0.2) is 4.98 Å². The van der Waals surface area contributed by atoms with Gasteiger partial charge in [0.2, 0.25) is 0 Å². The van der Waals surface area contributed by atoms with Crippen LogP contribution in [0.4, 0.5) is 0 Å². The maximum atomic E-state index is 10.6. The molecule has 1 aromatic heterocycles. The lowest BCUT2D eigenvalue weighted by Crippen LogP contribution is -2.21. The van der Waals surface area contributed by atoms with Gasteiger partial charge in [-0.05, 0) is 6.42 Å². The molecule has 0 aliphatic carbocycles. The fourth-order valence-electron chi connectivity index (χ4n) is 1.49. The number of rotatable bonds is 3. The SMILES string of the molecule is NC(C(=O)O)c1csc(C2CCOC2)n1. The molecule has 1 aliphatic rings. The van der Waals surface area contributed by atoms with Gasteiger partial charge in [0.25, 0.3) is 0 Å². The molecule has 2 unspecified atom stereocenters. The van der Waals surface area contributed by atoms with Gasteiger partial charge in [-0.3, -0.25) is 4.79 Å². The van der Waals surface area contributed by atoms with E-state index in [0.29, 0.717) is 18.2 Å². The zero-order chi connectivity index (χ0) is 10.8. The molecule has 6 heteroatoms. The smallest absolute Gasteiger partial charge is 0.326 e. The Balaban J connectivity index is 2.12. The van der Waals surface area contributed by atoms with Gasteiger partial charge in [-0.1, -0.05) is 0 Å². The lowest BCUT2D eigenvalue weighted by atomic mass is 10.1. The summed E-state index contributed by atoms with van der Waals surface area (Å²) < 4.78 is 5.25. The lowest BCUT2D eigenvalue weighted by molar-refractivity contribution is -0.138. The normalized spacial score (nSPS) is 22.9. The summed E-state index contributed by atoms with van der Waals surface area (Å²) in [5, 5.41) is 11.4. The number of aromatic nitrogens is 1. The monoisotopic (exact) mass is 228 g/mol. The topological polar surface area (TPSA) is 85.4 Å². The van der Waals surface area contributed by atoms with Gasteiger partial charge in [0.05, 0.1) is 17.3 Å². The van der Waals surface area contributed by atoms with Crippen LogP contribution >= 0.6 is 11.3 Å². The molecule has 1 aliphatic heterocycles. The Hall–Kier alpha value is -0.980. The summed E-state index contributed by atoms with van der Waals surface area (Å²) in [6, 6.07) is -1.02. The molecule has 5 nitrogen and oxygen atoms in total. The maximum Gasteiger partial charge on any atom is 0.326 e. The van der Waals surface area contributed by atoms with Crippen LogP contribution in [0.2, 0.25) is 0 Å². The van der Waals surface area contributed by atoms with Crippen LogP contribution in [-0.4, -0.2) is 29.3 Å². The third-order valence-electron chi connectivity index (χ3n) is 2.40. The minimum absolute atomic E-state index is 0.310. The highest BCUT2D eigenvalue weighted by atomic mass is 32.1. The molecule has 2 rings (SSSR count). The average molecular weight is 228 g/mol. The van der Waals surface area contributed by atoms with E-state index in [2.05, 4.69) is 4.98 Å². The first-order valence-corrected chi connectivity index (χ1v) is 5.58. The second kappa shape index (κ2) is 4.26. The molecule has 0 saturated carbocycles. The highest BCUT2D eigenvalue weighted by Gasteiger charge is 2.23. The Morgan fingerprint density at radius 2 is 2.60 bits per heavy atom. The molecule has 0 bridgehead atoms. The number of carbonyl (C=O) groups is 1. The van der Waals surface area contributed by atoms with Crippen molar-refractivity contribution in [1.29, 1.82) is 0 Å². The second-order valence-electron chi connectivity index (χ2n) is 3.49. The molecule has 2 heterocycles. The van der Waals surface area contributed by atoms with E-state index in [1.54, 1.807) is 5.38 Å². The van der Waals surface area contributed by atoms with Gasteiger partial charge in [-0.15, -0.1) is 11.3 Å². The molecular formula is C9H12N2O3S. The summed E-state index contributed by atoms with van der Waals surface area (Å²) in [5.74, 6) is -0.737. The fourth-order valence-corrected chi connectivity index (χ4v) is 2.46. The Kier molecular flexibility index (Phi) is 2.99. The Morgan fingerprint density at radius 3 is 3.20 bits per heavy atom. The summed E-state index contributed by atoms with van der Waals surface area (Å²) in [4.78, 5) is 14.9. The van der Waals surface area contributed by atoms with E-state index in [1.807, 2.05) is 0 Å². The van der Waals surface area contributed by atoms with Gasteiger partial charge >= 0.3 is 5.97 Å².